The summed E-state index contributed by atoms with van der Waals surface area (Å²) in [6, 6.07) is 19.9. The van der Waals surface area contributed by atoms with Crippen molar-refractivity contribution in [2.45, 2.75) is 45.6 Å². The zero-order valence-corrected chi connectivity index (χ0v) is 21.5. The minimum Gasteiger partial charge on any atom is -0.371 e. The standard InChI is InChI=1S/C31H34FN3O2/c1-21-15-16-24(20-27(21)34-17-6-7-18-34)33-30(36)25-13-9-19-35(29(25)23-11-4-3-5-12-23)31(37)28-22(2)10-8-14-26(28)32/h3-5,8,10-12,14-16,20,25,29H,6-7,9,13,17-19H2,1-2H3,(H,33,36)/t25-,29-/m0/s1. The summed E-state index contributed by atoms with van der Waals surface area (Å²) in [5.41, 5.74) is 4.67. The maximum Gasteiger partial charge on any atom is 0.257 e. The first kappa shape index (κ1) is 25.0. The second-order valence-electron chi connectivity index (χ2n) is 10.2. The first-order valence-electron chi connectivity index (χ1n) is 13.2. The third-order valence-electron chi connectivity index (χ3n) is 7.73. The number of carbonyl (C=O) groups is 2. The van der Waals surface area contributed by atoms with Gasteiger partial charge in [0.2, 0.25) is 5.91 Å². The molecule has 2 amide bonds. The fourth-order valence-corrected chi connectivity index (χ4v) is 5.83. The van der Waals surface area contributed by atoms with Crippen LogP contribution < -0.4 is 10.2 Å². The van der Waals surface area contributed by atoms with Crippen LogP contribution in [0.25, 0.3) is 0 Å². The van der Waals surface area contributed by atoms with Gasteiger partial charge in [-0.1, -0.05) is 48.5 Å². The molecule has 2 saturated heterocycles. The normalized spacial score (nSPS) is 19.6. The van der Waals surface area contributed by atoms with Crippen molar-refractivity contribution in [2.24, 2.45) is 5.92 Å². The molecule has 2 atom stereocenters. The maximum absolute atomic E-state index is 14.8. The molecule has 2 aliphatic heterocycles. The van der Waals surface area contributed by atoms with Gasteiger partial charge in [-0.15, -0.1) is 0 Å². The molecule has 37 heavy (non-hydrogen) atoms. The lowest BCUT2D eigenvalue weighted by Gasteiger charge is -2.41. The highest BCUT2D eigenvalue weighted by molar-refractivity contribution is 5.98. The Labute approximate surface area is 218 Å². The molecule has 0 radical (unpaired) electrons. The predicted octanol–water partition coefficient (Wildman–Crippen LogP) is 6.27. The zero-order valence-electron chi connectivity index (χ0n) is 21.5. The van der Waals surface area contributed by atoms with Gasteiger partial charge in [0.05, 0.1) is 17.5 Å². The van der Waals surface area contributed by atoms with Gasteiger partial charge in [-0.25, -0.2) is 4.39 Å². The fourth-order valence-electron chi connectivity index (χ4n) is 5.83. The van der Waals surface area contributed by atoms with E-state index >= 15 is 0 Å². The average molecular weight is 500 g/mol. The van der Waals surface area contributed by atoms with Gasteiger partial charge >= 0.3 is 0 Å². The van der Waals surface area contributed by atoms with E-state index in [0.717, 1.165) is 30.0 Å². The molecule has 2 fully saturated rings. The van der Waals surface area contributed by atoms with Gasteiger partial charge < -0.3 is 15.1 Å². The summed E-state index contributed by atoms with van der Waals surface area (Å²) in [6.07, 6.45) is 3.69. The van der Waals surface area contributed by atoms with Crippen LogP contribution in [0.15, 0.2) is 66.7 Å². The SMILES string of the molecule is Cc1ccc(NC(=O)[C@H]2CCCN(C(=O)c3c(C)cccc3F)[C@H]2c2ccccc2)cc1N1CCCC1. The number of rotatable bonds is 5. The van der Waals surface area contributed by atoms with E-state index in [2.05, 4.69) is 29.3 Å². The summed E-state index contributed by atoms with van der Waals surface area (Å²) in [6.45, 7) is 6.38. The van der Waals surface area contributed by atoms with Gasteiger partial charge in [-0.05, 0) is 74.4 Å². The molecule has 0 bridgehead atoms. The number of nitrogens with one attached hydrogen (secondary N) is 1. The highest BCUT2D eigenvalue weighted by atomic mass is 19.1. The van der Waals surface area contributed by atoms with Crippen molar-refractivity contribution in [3.8, 4) is 0 Å². The van der Waals surface area contributed by atoms with E-state index in [1.165, 1.54) is 24.5 Å². The third kappa shape index (κ3) is 5.10. The van der Waals surface area contributed by atoms with Gasteiger partial charge in [0, 0.05) is 31.0 Å². The molecule has 5 nitrogen and oxygen atoms in total. The number of piperidine rings is 1. The molecule has 3 aromatic carbocycles. The first-order chi connectivity index (χ1) is 17.9. The molecule has 6 heteroatoms. The molecule has 0 saturated carbocycles. The average Bonchev–Trinajstić information content (AvgIpc) is 3.44. The number of nitrogens with zero attached hydrogens (tertiary/aromatic N) is 2. The minimum absolute atomic E-state index is 0.0817. The smallest absolute Gasteiger partial charge is 0.257 e. The van der Waals surface area contributed by atoms with Crippen LogP contribution in [0.3, 0.4) is 0 Å². The van der Waals surface area contributed by atoms with Crippen molar-refractivity contribution in [3.63, 3.8) is 0 Å². The number of carbonyl (C=O) groups excluding carboxylic acids is 2. The molecule has 0 spiro atoms. The molecule has 0 aliphatic carbocycles. The van der Waals surface area contributed by atoms with Crippen LogP contribution in [0.4, 0.5) is 15.8 Å². The summed E-state index contributed by atoms with van der Waals surface area (Å²) in [7, 11) is 0. The molecular formula is C31H34FN3O2. The van der Waals surface area contributed by atoms with Gasteiger partial charge in [0.25, 0.3) is 5.91 Å². The molecule has 0 aromatic heterocycles. The van der Waals surface area contributed by atoms with E-state index in [4.69, 9.17) is 0 Å². The molecule has 1 N–H and O–H groups in total. The van der Waals surface area contributed by atoms with Crippen molar-refractivity contribution in [1.29, 1.82) is 0 Å². The number of halogens is 1. The Bertz CT molecular complexity index is 1270. The number of hydrogen-bond donors (Lipinski definition) is 1. The lowest BCUT2D eigenvalue weighted by molar-refractivity contribution is -0.123. The van der Waals surface area contributed by atoms with E-state index in [1.54, 1.807) is 24.0 Å². The Kier molecular flexibility index (Phi) is 7.26. The molecule has 0 unspecified atom stereocenters. The van der Waals surface area contributed by atoms with Crippen LogP contribution in [0.2, 0.25) is 0 Å². The number of hydrogen-bond acceptors (Lipinski definition) is 3. The maximum atomic E-state index is 14.8. The minimum atomic E-state index is -0.530. The highest BCUT2D eigenvalue weighted by Gasteiger charge is 2.40. The molecular weight excluding hydrogens is 465 g/mol. The van der Waals surface area contributed by atoms with E-state index in [-0.39, 0.29) is 17.4 Å². The van der Waals surface area contributed by atoms with E-state index in [1.807, 2.05) is 36.4 Å². The molecule has 2 heterocycles. The Balaban J connectivity index is 1.46. The van der Waals surface area contributed by atoms with Gasteiger partial charge in [-0.2, -0.15) is 0 Å². The highest BCUT2D eigenvalue weighted by Crippen LogP contribution is 2.39. The second kappa shape index (κ2) is 10.8. The lowest BCUT2D eigenvalue weighted by atomic mass is 9.83. The largest absolute Gasteiger partial charge is 0.371 e. The van der Waals surface area contributed by atoms with Crippen LogP contribution in [0.5, 0.6) is 0 Å². The van der Waals surface area contributed by atoms with Crippen LogP contribution in [-0.2, 0) is 4.79 Å². The summed E-state index contributed by atoms with van der Waals surface area (Å²) < 4.78 is 14.8. The van der Waals surface area contributed by atoms with Crippen molar-refractivity contribution in [1.82, 2.24) is 4.90 Å². The summed E-state index contributed by atoms with van der Waals surface area (Å²) in [4.78, 5) is 31.6. The fraction of sp³-hybridized carbons (Fsp3) is 0.355. The Morgan fingerprint density at radius 1 is 0.865 bits per heavy atom. The van der Waals surface area contributed by atoms with Gasteiger partial charge in [0.1, 0.15) is 5.82 Å². The van der Waals surface area contributed by atoms with Crippen molar-refractivity contribution >= 4 is 23.2 Å². The zero-order chi connectivity index (χ0) is 25.9. The monoisotopic (exact) mass is 499 g/mol. The Morgan fingerprint density at radius 3 is 2.35 bits per heavy atom. The molecule has 2 aliphatic rings. The Morgan fingerprint density at radius 2 is 1.62 bits per heavy atom. The number of amides is 2. The van der Waals surface area contributed by atoms with Gasteiger partial charge in [-0.3, -0.25) is 9.59 Å². The van der Waals surface area contributed by atoms with Crippen LogP contribution in [0, 0.1) is 25.6 Å². The van der Waals surface area contributed by atoms with E-state index in [0.29, 0.717) is 24.9 Å². The van der Waals surface area contributed by atoms with Crippen molar-refractivity contribution in [2.75, 3.05) is 29.9 Å². The van der Waals surface area contributed by atoms with Crippen LogP contribution >= 0.6 is 0 Å². The number of aryl methyl sites for hydroxylation is 2. The van der Waals surface area contributed by atoms with Crippen LogP contribution in [-0.4, -0.2) is 36.3 Å². The number of anilines is 2. The summed E-state index contributed by atoms with van der Waals surface area (Å²) in [5.74, 6) is -1.47. The topological polar surface area (TPSA) is 52.7 Å². The van der Waals surface area contributed by atoms with Crippen molar-refractivity contribution in [3.05, 3.63) is 94.8 Å². The van der Waals surface area contributed by atoms with Gasteiger partial charge in [0.15, 0.2) is 0 Å². The van der Waals surface area contributed by atoms with E-state index < -0.39 is 17.8 Å². The molecule has 192 valence electrons. The predicted molar refractivity (Wildman–Crippen MR) is 145 cm³/mol. The molecule has 3 aromatic rings. The summed E-state index contributed by atoms with van der Waals surface area (Å²) >= 11 is 0. The number of benzene rings is 3. The lowest BCUT2D eigenvalue weighted by Crippen LogP contribution is -2.46. The second-order valence-corrected chi connectivity index (χ2v) is 10.2. The Hall–Kier alpha value is -3.67. The third-order valence-corrected chi connectivity index (χ3v) is 7.73. The molecule has 5 rings (SSSR count). The quantitative estimate of drug-likeness (QED) is 0.450. The number of likely N-dealkylation sites (tertiary alicyclic amines) is 1. The van der Waals surface area contributed by atoms with Crippen LogP contribution in [0.1, 0.15) is 58.8 Å². The van der Waals surface area contributed by atoms with Crippen molar-refractivity contribution < 1.29 is 14.0 Å². The first-order valence-corrected chi connectivity index (χ1v) is 13.2. The summed E-state index contributed by atoms with van der Waals surface area (Å²) in [5, 5.41) is 3.15. The van der Waals surface area contributed by atoms with E-state index in [9.17, 15) is 14.0 Å².